The van der Waals surface area contributed by atoms with E-state index >= 15 is 0 Å². The number of likely N-dealkylation sites (tertiary alicyclic amines) is 1. The van der Waals surface area contributed by atoms with Gasteiger partial charge in [-0.15, -0.1) is 0 Å². The number of piperidine rings is 1. The van der Waals surface area contributed by atoms with Crippen molar-refractivity contribution < 1.29 is 4.79 Å². The summed E-state index contributed by atoms with van der Waals surface area (Å²) in [7, 11) is 4.73. The summed E-state index contributed by atoms with van der Waals surface area (Å²) in [5, 5.41) is 0. The first-order valence-electron chi connectivity index (χ1n) is 10.2. The predicted molar refractivity (Wildman–Crippen MR) is 111 cm³/mol. The van der Waals surface area contributed by atoms with E-state index < -0.39 is 11.2 Å². The van der Waals surface area contributed by atoms with E-state index in [0.717, 1.165) is 43.3 Å². The van der Waals surface area contributed by atoms with Crippen LogP contribution in [0.2, 0.25) is 0 Å². The fourth-order valence-corrected chi connectivity index (χ4v) is 4.71. The van der Waals surface area contributed by atoms with Gasteiger partial charge in [-0.3, -0.25) is 23.6 Å². The SMILES string of the molecule is CN(C(=O)c1cc(=O)n(C)c(=O)n1C)C1CCCN(C2Cc3ccccc3C2)C1. The molecule has 0 spiro atoms. The van der Waals surface area contributed by atoms with Crippen molar-refractivity contribution in [1.29, 1.82) is 0 Å². The quantitative estimate of drug-likeness (QED) is 0.769. The van der Waals surface area contributed by atoms with E-state index in [0.29, 0.717) is 6.04 Å². The van der Waals surface area contributed by atoms with E-state index in [1.54, 1.807) is 11.9 Å². The van der Waals surface area contributed by atoms with E-state index in [1.165, 1.54) is 35.9 Å². The number of amides is 1. The largest absolute Gasteiger partial charge is 0.336 e. The third-order valence-electron chi connectivity index (χ3n) is 6.59. The summed E-state index contributed by atoms with van der Waals surface area (Å²) < 4.78 is 2.27. The average molecular weight is 396 g/mol. The molecule has 0 bridgehead atoms. The van der Waals surface area contributed by atoms with E-state index in [-0.39, 0.29) is 17.6 Å². The number of carbonyl (C=O) groups is 1. The molecule has 7 nitrogen and oxygen atoms in total. The molecule has 1 amide bonds. The highest BCUT2D eigenvalue weighted by Crippen LogP contribution is 2.28. The van der Waals surface area contributed by atoms with Gasteiger partial charge in [-0.05, 0) is 43.4 Å². The van der Waals surface area contributed by atoms with Gasteiger partial charge < -0.3 is 4.90 Å². The van der Waals surface area contributed by atoms with Gasteiger partial charge in [0, 0.05) is 45.8 Å². The van der Waals surface area contributed by atoms with Gasteiger partial charge in [0.25, 0.3) is 11.5 Å². The topological polar surface area (TPSA) is 67.5 Å². The van der Waals surface area contributed by atoms with Crippen LogP contribution >= 0.6 is 0 Å². The Morgan fingerprint density at radius 1 is 1.07 bits per heavy atom. The van der Waals surface area contributed by atoms with Crippen LogP contribution in [0.1, 0.15) is 34.5 Å². The van der Waals surface area contributed by atoms with E-state index in [2.05, 4.69) is 29.2 Å². The summed E-state index contributed by atoms with van der Waals surface area (Å²) in [6.45, 7) is 1.86. The molecule has 1 saturated heterocycles. The number of hydrogen-bond donors (Lipinski definition) is 0. The van der Waals surface area contributed by atoms with Crippen LogP contribution in [0.4, 0.5) is 0 Å². The Kier molecular flexibility index (Phi) is 5.17. The summed E-state index contributed by atoms with van der Waals surface area (Å²) in [4.78, 5) is 41.5. The van der Waals surface area contributed by atoms with Gasteiger partial charge in [0.1, 0.15) is 5.69 Å². The molecule has 154 valence electrons. The van der Waals surface area contributed by atoms with Crippen molar-refractivity contribution in [3.63, 3.8) is 0 Å². The van der Waals surface area contributed by atoms with Gasteiger partial charge in [0.15, 0.2) is 0 Å². The molecule has 1 aliphatic carbocycles. The molecule has 1 aliphatic heterocycles. The van der Waals surface area contributed by atoms with E-state index in [1.807, 2.05) is 0 Å². The lowest BCUT2D eigenvalue weighted by molar-refractivity contribution is 0.0545. The lowest BCUT2D eigenvalue weighted by Gasteiger charge is -2.40. The smallest absolute Gasteiger partial charge is 0.331 e. The van der Waals surface area contributed by atoms with Crippen molar-refractivity contribution in [3.05, 3.63) is 68.0 Å². The zero-order valence-corrected chi connectivity index (χ0v) is 17.3. The summed E-state index contributed by atoms with van der Waals surface area (Å²) in [5.74, 6) is -0.274. The van der Waals surface area contributed by atoms with Gasteiger partial charge in [-0.1, -0.05) is 24.3 Å². The minimum absolute atomic E-state index is 0.0686. The fourth-order valence-electron chi connectivity index (χ4n) is 4.71. The molecule has 1 aromatic carbocycles. The van der Waals surface area contributed by atoms with Crippen LogP contribution in [0.5, 0.6) is 0 Å². The molecule has 0 saturated carbocycles. The molecule has 29 heavy (non-hydrogen) atoms. The van der Waals surface area contributed by atoms with Crippen molar-refractivity contribution >= 4 is 5.91 Å². The molecule has 1 unspecified atom stereocenters. The van der Waals surface area contributed by atoms with Crippen molar-refractivity contribution in [3.8, 4) is 0 Å². The molecule has 2 heterocycles. The second-order valence-corrected chi connectivity index (χ2v) is 8.31. The zero-order chi connectivity index (χ0) is 20.7. The average Bonchev–Trinajstić information content (AvgIpc) is 3.18. The fraction of sp³-hybridized carbons (Fsp3) is 0.500. The number of benzene rings is 1. The second kappa shape index (κ2) is 7.63. The van der Waals surface area contributed by atoms with Crippen LogP contribution in [-0.4, -0.2) is 57.1 Å². The Balaban J connectivity index is 1.50. The van der Waals surface area contributed by atoms with E-state index in [9.17, 15) is 14.4 Å². The Labute approximate surface area is 170 Å². The maximum Gasteiger partial charge on any atom is 0.331 e. The molecule has 2 aliphatic rings. The molecule has 1 atom stereocenters. The molecule has 0 N–H and O–H groups in total. The molecular weight excluding hydrogens is 368 g/mol. The second-order valence-electron chi connectivity index (χ2n) is 8.31. The van der Waals surface area contributed by atoms with Crippen molar-refractivity contribution in [1.82, 2.24) is 18.9 Å². The van der Waals surface area contributed by atoms with Crippen LogP contribution in [0.3, 0.4) is 0 Å². The molecule has 1 fully saturated rings. The van der Waals surface area contributed by atoms with Crippen molar-refractivity contribution in [2.75, 3.05) is 20.1 Å². The van der Waals surface area contributed by atoms with Crippen LogP contribution in [0.15, 0.2) is 39.9 Å². The minimum atomic E-state index is -0.483. The molecular formula is C22H28N4O3. The summed E-state index contributed by atoms with van der Waals surface area (Å²) in [6.07, 6.45) is 4.08. The number of likely N-dealkylation sites (N-methyl/N-ethyl adjacent to an activating group) is 1. The normalized spacial score (nSPS) is 19.9. The Morgan fingerprint density at radius 2 is 1.72 bits per heavy atom. The number of aromatic nitrogens is 2. The van der Waals surface area contributed by atoms with Crippen LogP contribution in [0, 0.1) is 0 Å². The van der Waals surface area contributed by atoms with E-state index in [4.69, 9.17) is 0 Å². The zero-order valence-electron chi connectivity index (χ0n) is 17.3. The first kappa shape index (κ1) is 19.6. The standard InChI is InChI=1S/C22H28N4O3/c1-23(21(28)19-13-20(27)25(3)22(29)24(19)2)17-9-6-10-26(14-17)18-11-15-7-4-5-8-16(15)12-18/h4-5,7-8,13,17-18H,6,9-12,14H2,1-3H3. The van der Waals surface area contributed by atoms with Gasteiger partial charge in [-0.2, -0.15) is 0 Å². The van der Waals surface area contributed by atoms with Crippen LogP contribution in [-0.2, 0) is 26.9 Å². The highest BCUT2D eigenvalue weighted by molar-refractivity contribution is 5.92. The predicted octanol–water partition coefficient (Wildman–Crippen LogP) is 0.788. The highest BCUT2D eigenvalue weighted by atomic mass is 16.2. The van der Waals surface area contributed by atoms with Gasteiger partial charge >= 0.3 is 5.69 Å². The van der Waals surface area contributed by atoms with Gasteiger partial charge in [0.2, 0.25) is 0 Å². The lowest BCUT2D eigenvalue weighted by atomic mass is 10.0. The number of hydrogen-bond acceptors (Lipinski definition) is 4. The number of nitrogens with zero attached hydrogens (tertiary/aromatic N) is 4. The summed E-state index contributed by atoms with van der Waals surface area (Å²) in [5.41, 5.74) is 2.06. The first-order valence-corrected chi connectivity index (χ1v) is 10.2. The van der Waals surface area contributed by atoms with Crippen molar-refractivity contribution in [2.45, 2.75) is 37.8 Å². The van der Waals surface area contributed by atoms with Gasteiger partial charge in [-0.25, -0.2) is 4.79 Å². The Hall–Kier alpha value is -2.67. The molecule has 1 aromatic heterocycles. The highest BCUT2D eigenvalue weighted by Gasteiger charge is 2.33. The molecule has 4 rings (SSSR count). The monoisotopic (exact) mass is 396 g/mol. The first-order chi connectivity index (χ1) is 13.9. The molecule has 0 radical (unpaired) electrons. The summed E-state index contributed by atoms with van der Waals surface area (Å²) >= 11 is 0. The summed E-state index contributed by atoms with van der Waals surface area (Å²) in [6, 6.07) is 10.4. The van der Waals surface area contributed by atoms with Gasteiger partial charge in [0.05, 0.1) is 0 Å². The maximum atomic E-state index is 13.1. The van der Waals surface area contributed by atoms with Crippen LogP contribution in [0.25, 0.3) is 0 Å². The molecule has 7 heteroatoms. The Bertz CT molecular complexity index is 1030. The maximum absolute atomic E-state index is 13.1. The Morgan fingerprint density at radius 3 is 2.38 bits per heavy atom. The number of carbonyl (C=O) groups excluding carboxylic acids is 1. The number of fused-ring (bicyclic) bond motifs is 1. The minimum Gasteiger partial charge on any atom is -0.336 e. The third kappa shape index (κ3) is 3.55. The lowest BCUT2D eigenvalue weighted by Crippen LogP contribution is -2.52. The van der Waals surface area contributed by atoms with Crippen molar-refractivity contribution in [2.24, 2.45) is 14.1 Å². The van der Waals surface area contributed by atoms with Crippen LogP contribution < -0.4 is 11.2 Å². The molecule has 2 aromatic rings. The third-order valence-corrected chi connectivity index (χ3v) is 6.59. The number of rotatable bonds is 3.